The second-order valence-corrected chi connectivity index (χ2v) is 10.7. The Hall–Kier alpha value is -3.06. The molecule has 7 nitrogen and oxygen atoms in total. The fourth-order valence-electron chi connectivity index (χ4n) is 4.01. The zero-order valence-corrected chi connectivity index (χ0v) is 20.6. The summed E-state index contributed by atoms with van der Waals surface area (Å²) in [6, 6.07) is 16.4. The summed E-state index contributed by atoms with van der Waals surface area (Å²) >= 11 is 6.38. The summed E-state index contributed by atoms with van der Waals surface area (Å²) in [5.41, 5.74) is 2.96. The van der Waals surface area contributed by atoms with Crippen molar-refractivity contribution in [3.05, 3.63) is 70.9 Å². The Morgan fingerprint density at radius 3 is 2.50 bits per heavy atom. The number of aromatic nitrogens is 2. The van der Waals surface area contributed by atoms with Crippen LogP contribution in [-0.4, -0.2) is 37.6 Å². The van der Waals surface area contributed by atoms with Gasteiger partial charge in [0.2, 0.25) is 9.84 Å². The van der Waals surface area contributed by atoms with Crippen molar-refractivity contribution in [3.8, 4) is 11.3 Å². The zero-order chi connectivity index (χ0) is 24.7. The van der Waals surface area contributed by atoms with Crippen molar-refractivity contribution < 1.29 is 18.0 Å². The smallest absolute Gasteiger partial charge is 0.356 e. The van der Waals surface area contributed by atoms with Crippen molar-refractivity contribution in [3.63, 3.8) is 0 Å². The molecule has 2 aromatic heterocycles. The standard InChI is InChI=1S/C24H26ClN3O2S.CO2/c1-17-7-6-14-28(15-17)22-10-5-11-23(27-22)31(29,30)16-19-12-13-21(25)24(26-19)20-9-4-3-8-18(20)2;2-1-3/h3-5,8-13,17H,6-7,14-16H2,1-2H3;/t17-;/m0./s1. The average molecular weight is 500 g/mol. The van der Waals surface area contributed by atoms with E-state index in [1.54, 1.807) is 24.3 Å². The van der Waals surface area contributed by atoms with Crippen molar-refractivity contribution in [2.45, 2.75) is 37.5 Å². The van der Waals surface area contributed by atoms with Gasteiger partial charge in [-0.3, -0.25) is 4.98 Å². The molecule has 0 N–H and O–H groups in total. The van der Waals surface area contributed by atoms with Gasteiger partial charge in [0.1, 0.15) is 5.82 Å². The van der Waals surface area contributed by atoms with Crippen molar-refractivity contribution in [2.75, 3.05) is 18.0 Å². The highest BCUT2D eigenvalue weighted by molar-refractivity contribution is 7.90. The fourth-order valence-corrected chi connectivity index (χ4v) is 5.43. The second kappa shape index (κ2) is 11.4. The van der Waals surface area contributed by atoms with Gasteiger partial charge in [-0.05, 0) is 55.5 Å². The van der Waals surface area contributed by atoms with E-state index in [-0.39, 0.29) is 16.9 Å². The summed E-state index contributed by atoms with van der Waals surface area (Å²) in [6.45, 7) is 5.99. The van der Waals surface area contributed by atoms with E-state index in [0.717, 1.165) is 36.5 Å². The van der Waals surface area contributed by atoms with Crippen LogP contribution >= 0.6 is 11.6 Å². The van der Waals surface area contributed by atoms with Crippen LogP contribution in [0.1, 0.15) is 31.0 Å². The number of piperidine rings is 1. The molecule has 1 aliphatic heterocycles. The first-order chi connectivity index (χ1) is 16.2. The van der Waals surface area contributed by atoms with Gasteiger partial charge in [-0.2, -0.15) is 9.59 Å². The average Bonchev–Trinajstić information content (AvgIpc) is 2.81. The lowest BCUT2D eigenvalue weighted by Gasteiger charge is -2.32. The van der Waals surface area contributed by atoms with Gasteiger partial charge in [0.15, 0.2) is 5.03 Å². The van der Waals surface area contributed by atoms with Gasteiger partial charge in [-0.25, -0.2) is 13.4 Å². The topological polar surface area (TPSA) is 97.3 Å². The van der Waals surface area contributed by atoms with Gasteiger partial charge in [-0.1, -0.05) is 48.9 Å². The Labute approximate surface area is 204 Å². The van der Waals surface area contributed by atoms with Crippen molar-refractivity contribution in [1.29, 1.82) is 0 Å². The first-order valence-electron chi connectivity index (χ1n) is 10.9. The molecule has 0 bridgehead atoms. The van der Waals surface area contributed by atoms with E-state index in [4.69, 9.17) is 21.2 Å². The molecule has 4 rings (SSSR count). The van der Waals surface area contributed by atoms with Gasteiger partial charge >= 0.3 is 6.15 Å². The minimum atomic E-state index is -3.65. The van der Waals surface area contributed by atoms with Gasteiger partial charge in [-0.15, -0.1) is 0 Å². The van der Waals surface area contributed by atoms with Crippen LogP contribution in [0.5, 0.6) is 0 Å². The Morgan fingerprint density at radius 1 is 1.06 bits per heavy atom. The van der Waals surface area contributed by atoms with E-state index >= 15 is 0 Å². The molecule has 3 heterocycles. The van der Waals surface area contributed by atoms with E-state index < -0.39 is 9.84 Å². The third-order valence-electron chi connectivity index (χ3n) is 5.65. The van der Waals surface area contributed by atoms with Gasteiger partial charge in [0, 0.05) is 18.7 Å². The number of nitrogens with zero attached hydrogens (tertiary/aromatic N) is 3. The van der Waals surface area contributed by atoms with Crippen LogP contribution in [0.15, 0.2) is 59.6 Å². The lowest BCUT2D eigenvalue weighted by molar-refractivity contribution is -0.191. The lowest BCUT2D eigenvalue weighted by atomic mass is 10.0. The van der Waals surface area contributed by atoms with Crippen LogP contribution in [0.2, 0.25) is 5.02 Å². The summed E-state index contributed by atoms with van der Waals surface area (Å²) < 4.78 is 26.3. The molecule has 34 heavy (non-hydrogen) atoms. The van der Waals surface area contributed by atoms with Gasteiger partial charge in [0.25, 0.3) is 0 Å². The molecular formula is C25H26ClN3O4S. The molecule has 1 saturated heterocycles. The highest BCUT2D eigenvalue weighted by Gasteiger charge is 2.22. The number of pyridine rings is 2. The Kier molecular flexibility index (Phi) is 8.56. The van der Waals surface area contributed by atoms with E-state index in [1.807, 2.05) is 37.3 Å². The number of anilines is 1. The monoisotopic (exact) mass is 499 g/mol. The SMILES string of the molecule is Cc1ccccc1-c1nc(CS(=O)(=O)c2cccc(N3CCC[C@H](C)C3)n2)ccc1Cl.O=C=O. The molecule has 178 valence electrons. The number of benzene rings is 1. The quantitative estimate of drug-likeness (QED) is 0.500. The number of sulfone groups is 1. The Balaban J connectivity index is 0.00000103. The number of hydrogen-bond acceptors (Lipinski definition) is 7. The van der Waals surface area contributed by atoms with E-state index in [2.05, 4.69) is 21.8 Å². The van der Waals surface area contributed by atoms with Crippen LogP contribution in [0.3, 0.4) is 0 Å². The van der Waals surface area contributed by atoms with Crippen molar-refractivity contribution >= 4 is 33.4 Å². The molecule has 0 unspecified atom stereocenters. The first kappa shape index (κ1) is 25.6. The molecule has 1 aromatic carbocycles. The van der Waals surface area contributed by atoms with Crippen LogP contribution in [-0.2, 0) is 25.2 Å². The Morgan fingerprint density at radius 2 is 1.79 bits per heavy atom. The van der Waals surface area contributed by atoms with Crippen LogP contribution in [0.4, 0.5) is 5.82 Å². The molecule has 1 aliphatic rings. The third kappa shape index (κ3) is 6.29. The maximum absolute atomic E-state index is 13.1. The summed E-state index contributed by atoms with van der Waals surface area (Å²) in [7, 11) is -3.65. The van der Waals surface area contributed by atoms with Crippen molar-refractivity contribution in [1.82, 2.24) is 9.97 Å². The summed E-state index contributed by atoms with van der Waals surface area (Å²) in [5.74, 6) is 1.07. The lowest BCUT2D eigenvalue weighted by Crippen LogP contribution is -2.35. The first-order valence-corrected chi connectivity index (χ1v) is 12.9. The van der Waals surface area contributed by atoms with Crippen LogP contribution < -0.4 is 4.90 Å². The third-order valence-corrected chi connectivity index (χ3v) is 7.50. The molecular weight excluding hydrogens is 474 g/mol. The molecule has 9 heteroatoms. The molecule has 1 fully saturated rings. The van der Waals surface area contributed by atoms with E-state index in [1.165, 1.54) is 6.42 Å². The molecule has 0 radical (unpaired) electrons. The molecule has 0 aliphatic carbocycles. The van der Waals surface area contributed by atoms with Crippen molar-refractivity contribution in [2.24, 2.45) is 5.92 Å². The molecule has 0 spiro atoms. The maximum atomic E-state index is 13.1. The van der Waals surface area contributed by atoms with Crippen LogP contribution in [0, 0.1) is 12.8 Å². The summed E-state index contributed by atoms with van der Waals surface area (Å²) in [6.07, 6.45) is 2.54. The fraction of sp³-hybridized carbons (Fsp3) is 0.320. The molecule has 0 saturated carbocycles. The summed E-state index contributed by atoms with van der Waals surface area (Å²) in [5, 5.41) is 0.576. The second-order valence-electron chi connectivity index (χ2n) is 8.32. The zero-order valence-electron chi connectivity index (χ0n) is 19.1. The Bertz CT molecular complexity index is 1290. The largest absolute Gasteiger partial charge is 0.373 e. The van der Waals surface area contributed by atoms with E-state index in [9.17, 15) is 8.42 Å². The highest BCUT2D eigenvalue weighted by atomic mass is 35.5. The molecule has 1 atom stereocenters. The van der Waals surface area contributed by atoms with E-state index in [0.29, 0.717) is 22.3 Å². The van der Waals surface area contributed by atoms with Gasteiger partial charge in [0.05, 0.1) is 22.2 Å². The number of aryl methyl sites for hydroxylation is 1. The predicted molar refractivity (Wildman–Crippen MR) is 130 cm³/mol. The number of hydrogen-bond donors (Lipinski definition) is 0. The molecule has 0 amide bonds. The van der Waals surface area contributed by atoms with Gasteiger partial charge < -0.3 is 4.90 Å². The normalized spacial score (nSPS) is 15.7. The highest BCUT2D eigenvalue weighted by Crippen LogP contribution is 2.29. The minimum absolute atomic E-state index is 0.0809. The number of carbonyl (C=O) groups excluding carboxylic acids is 2. The predicted octanol–water partition coefficient (Wildman–Crippen LogP) is 4.73. The maximum Gasteiger partial charge on any atom is 0.373 e. The molecule has 3 aromatic rings. The summed E-state index contributed by atoms with van der Waals surface area (Å²) in [4.78, 5) is 27.5. The number of halogens is 1. The van der Waals surface area contributed by atoms with Crippen LogP contribution in [0.25, 0.3) is 11.3 Å². The minimum Gasteiger partial charge on any atom is -0.356 e. The number of rotatable bonds is 5.